The summed E-state index contributed by atoms with van der Waals surface area (Å²) in [5.74, 6) is -0.701. The third kappa shape index (κ3) is 3.31. The third-order valence-electron chi connectivity index (χ3n) is 5.26. The van der Waals surface area contributed by atoms with Gasteiger partial charge in [0.05, 0.1) is 38.3 Å². The monoisotopic (exact) mass is 414 g/mol. The molecule has 5 heterocycles. The standard InChI is InChI=1S/C19H19FN6O4/c20-11-3-12-10(7-27)4-21-16-1-2-26-17(25-16)13(6-23-26)18(28)24-14-8-29-9-15(14)30-19(12)22-5-11/h1-3,5-6,10,14-15,27H,4,7-9H2,(H,21,25)(H,24,28)/t10-,14+,15-/m0/s1. The van der Waals surface area contributed by atoms with Crippen LogP contribution < -0.4 is 15.4 Å². The average Bonchev–Trinajstić information content (AvgIpc) is 3.36. The van der Waals surface area contributed by atoms with Crippen molar-refractivity contribution in [3.05, 3.63) is 47.7 Å². The summed E-state index contributed by atoms with van der Waals surface area (Å²) in [5.41, 5.74) is 1.13. The van der Waals surface area contributed by atoms with Gasteiger partial charge in [0.1, 0.15) is 23.3 Å². The molecular formula is C19H19FN6O4. The van der Waals surface area contributed by atoms with Gasteiger partial charge < -0.3 is 25.2 Å². The Morgan fingerprint density at radius 2 is 2.23 bits per heavy atom. The largest absolute Gasteiger partial charge is 0.469 e. The van der Waals surface area contributed by atoms with Crippen molar-refractivity contribution in [1.82, 2.24) is 24.9 Å². The first kappa shape index (κ1) is 18.7. The van der Waals surface area contributed by atoms with Gasteiger partial charge in [0.25, 0.3) is 5.91 Å². The van der Waals surface area contributed by atoms with Crippen molar-refractivity contribution < 1.29 is 23.8 Å². The lowest BCUT2D eigenvalue weighted by atomic mass is 10.0. The summed E-state index contributed by atoms with van der Waals surface area (Å²) < 4.78 is 26.9. The molecule has 1 saturated heterocycles. The zero-order chi connectivity index (χ0) is 20.7. The van der Waals surface area contributed by atoms with Crippen LogP contribution in [0, 0.1) is 5.82 Å². The first-order valence-corrected chi connectivity index (χ1v) is 9.52. The van der Waals surface area contributed by atoms with Crippen LogP contribution in [0.15, 0.2) is 30.7 Å². The van der Waals surface area contributed by atoms with Crippen LogP contribution in [0.25, 0.3) is 5.65 Å². The molecule has 3 aromatic rings. The van der Waals surface area contributed by atoms with Gasteiger partial charge in [-0.15, -0.1) is 0 Å². The number of ether oxygens (including phenoxy) is 2. The lowest BCUT2D eigenvalue weighted by Crippen LogP contribution is -2.45. The second-order valence-electron chi connectivity index (χ2n) is 7.22. The molecule has 0 spiro atoms. The van der Waals surface area contributed by atoms with E-state index >= 15 is 0 Å². The quantitative estimate of drug-likeness (QED) is 0.521. The van der Waals surface area contributed by atoms with Gasteiger partial charge in [0.15, 0.2) is 5.65 Å². The fraction of sp³-hybridized carbons (Fsp3) is 0.368. The number of halogens is 1. The number of nitrogens with zero attached hydrogens (tertiary/aromatic N) is 4. The molecule has 0 aliphatic carbocycles. The van der Waals surface area contributed by atoms with E-state index in [0.717, 1.165) is 6.20 Å². The first-order valence-electron chi connectivity index (χ1n) is 9.52. The van der Waals surface area contributed by atoms with Gasteiger partial charge in [0, 0.05) is 24.2 Å². The van der Waals surface area contributed by atoms with E-state index in [-0.39, 0.29) is 38.2 Å². The van der Waals surface area contributed by atoms with Crippen LogP contribution in [0.2, 0.25) is 0 Å². The normalized spacial score (nSPS) is 23.8. The van der Waals surface area contributed by atoms with Gasteiger partial charge in [0.2, 0.25) is 5.88 Å². The molecular weight excluding hydrogens is 395 g/mol. The molecule has 0 unspecified atom stereocenters. The molecule has 5 rings (SSSR count). The average molecular weight is 414 g/mol. The molecule has 3 atom stereocenters. The molecule has 2 bridgehead atoms. The highest BCUT2D eigenvalue weighted by molar-refractivity contribution is 6.00. The summed E-state index contributed by atoms with van der Waals surface area (Å²) >= 11 is 0. The van der Waals surface area contributed by atoms with E-state index in [1.54, 1.807) is 12.3 Å². The van der Waals surface area contributed by atoms with E-state index in [1.165, 1.54) is 16.8 Å². The number of aromatic nitrogens is 4. The van der Waals surface area contributed by atoms with Crippen LogP contribution in [-0.4, -0.2) is 69.1 Å². The lowest BCUT2D eigenvalue weighted by Gasteiger charge is -2.24. The second-order valence-corrected chi connectivity index (χ2v) is 7.22. The van der Waals surface area contributed by atoms with Crippen molar-refractivity contribution >= 4 is 17.4 Å². The number of anilines is 1. The number of aliphatic hydroxyl groups excluding tert-OH is 1. The molecule has 0 radical (unpaired) electrons. The Morgan fingerprint density at radius 3 is 3.10 bits per heavy atom. The second kappa shape index (κ2) is 7.50. The Morgan fingerprint density at radius 1 is 1.33 bits per heavy atom. The fourth-order valence-electron chi connectivity index (χ4n) is 3.64. The van der Waals surface area contributed by atoms with Crippen LogP contribution in [-0.2, 0) is 4.74 Å². The van der Waals surface area contributed by atoms with Crippen LogP contribution in [0.1, 0.15) is 21.8 Å². The summed E-state index contributed by atoms with van der Waals surface area (Å²) in [4.78, 5) is 21.4. The van der Waals surface area contributed by atoms with Crippen molar-refractivity contribution in [3.63, 3.8) is 0 Å². The molecule has 11 heteroatoms. The zero-order valence-corrected chi connectivity index (χ0v) is 15.8. The van der Waals surface area contributed by atoms with Crippen molar-refractivity contribution in [2.24, 2.45) is 0 Å². The van der Waals surface area contributed by atoms with E-state index < -0.39 is 23.9 Å². The Balaban J connectivity index is 1.60. The van der Waals surface area contributed by atoms with Gasteiger partial charge >= 0.3 is 0 Å². The van der Waals surface area contributed by atoms with E-state index in [2.05, 4.69) is 25.7 Å². The molecule has 0 aromatic carbocycles. The highest BCUT2D eigenvalue weighted by Gasteiger charge is 2.34. The molecule has 0 saturated carbocycles. The minimum Gasteiger partial charge on any atom is -0.469 e. The first-order chi connectivity index (χ1) is 14.6. The molecule has 30 heavy (non-hydrogen) atoms. The maximum Gasteiger partial charge on any atom is 0.257 e. The molecule has 1 fully saturated rings. The zero-order valence-electron chi connectivity index (χ0n) is 15.8. The molecule has 2 aliphatic rings. The van der Waals surface area contributed by atoms with Gasteiger partial charge in [-0.3, -0.25) is 4.79 Å². The number of fused-ring (bicyclic) bond motifs is 3. The number of hydrogen-bond acceptors (Lipinski definition) is 8. The number of carbonyl (C=O) groups excluding carboxylic acids is 1. The molecule has 3 N–H and O–H groups in total. The van der Waals surface area contributed by atoms with E-state index in [9.17, 15) is 14.3 Å². The molecule has 1 amide bonds. The molecule has 2 aliphatic heterocycles. The predicted molar refractivity (Wildman–Crippen MR) is 102 cm³/mol. The van der Waals surface area contributed by atoms with Crippen molar-refractivity contribution in [2.75, 3.05) is 31.7 Å². The summed E-state index contributed by atoms with van der Waals surface area (Å²) in [7, 11) is 0. The Labute approximate surface area is 170 Å². The Bertz CT molecular complexity index is 1110. The minimum atomic E-state index is -0.534. The maximum absolute atomic E-state index is 13.9. The SMILES string of the molecule is O=C1N[C@@H]2COC[C@@H]2Oc2ncc(F)cc2[C@H](CO)CNc2ccn3ncc1c3n2. The van der Waals surface area contributed by atoms with Crippen LogP contribution in [0.3, 0.4) is 0 Å². The number of pyridine rings is 1. The number of rotatable bonds is 1. The van der Waals surface area contributed by atoms with Crippen LogP contribution >= 0.6 is 0 Å². The number of nitrogens with one attached hydrogen (secondary N) is 2. The lowest BCUT2D eigenvalue weighted by molar-refractivity contribution is 0.0901. The van der Waals surface area contributed by atoms with Gasteiger partial charge in [-0.2, -0.15) is 5.10 Å². The van der Waals surface area contributed by atoms with Crippen molar-refractivity contribution in [2.45, 2.75) is 18.1 Å². The molecule has 3 aromatic heterocycles. The Kier molecular flexibility index (Phi) is 4.68. The van der Waals surface area contributed by atoms with Crippen molar-refractivity contribution in [1.29, 1.82) is 0 Å². The van der Waals surface area contributed by atoms with E-state index in [4.69, 9.17) is 9.47 Å². The van der Waals surface area contributed by atoms with Gasteiger partial charge in [-0.25, -0.2) is 18.9 Å². The fourth-order valence-corrected chi connectivity index (χ4v) is 3.64. The molecule has 156 valence electrons. The van der Waals surface area contributed by atoms with Gasteiger partial charge in [-0.1, -0.05) is 0 Å². The third-order valence-corrected chi connectivity index (χ3v) is 5.26. The number of amides is 1. The summed E-state index contributed by atoms with van der Waals surface area (Å²) in [6.45, 7) is 0.496. The van der Waals surface area contributed by atoms with Crippen molar-refractivity contribution in [3.8, 4) is 5.88 Å². The van der Waals surface area contributed by atoms with Crippen LogP contribution in [0.4, 0.5) is 10.2 Å². The topological polar surface area (TPSA) is 123 Å². The van der Waals surface area contributed by atoms with E-state index in [1.807, 2.05) is 0 Å². The highest BCUT2D eigenvalue weighted by atomic mass is 19.1. The highest BCUT2D eigenvalue weighted by Crippen LogP contribution is 2.28. The summed E-state index contributed by atoms with van der Waals surface area (Å²) in [5, 5.41) is 20.1. The van der Waals surface area contributed by atoms with Crippen LogP contribution in [0.5, 0.6) is 5.88 Å². The maximum atomic E-state index is 13.9. The van der Waals surface area contributed by atoms with Gasteiger partial charge in [-0.05, 0) is 12.1 Å². The predicted octanol–water partition coefficient (Wildman–Crippen LogP) is 0.341. The smallest absolute Gasteiger partial charge is 0.257 e. The summed E-state index contributed by atoms with van der Waals surface area (Å²) in [6.07, 6.45) is 3.67. The number of carbonyl (C=O) groups is 1. The Hall–Kier alpha value is -3.31. The number of hydrogen-bond donors (Lipinski definition) is 3. The van der Waals surface area contributed by atoms with E-state index in [0.29, 0.717) is 22.6 Å². The summed E-state index contributed by atoms with van der Waals surface area (Å²) in [6, 6.07) is 2.56. The minimum absolute atomic E-state index is 0.193. The number of aliphatic hydroxyl groups is 1. The molecule has 10 nitrogen and oxygen atoms in total.